The van der Waals surface area contributed by atoms with E-state index in [1.165, 1.54) is 6.26 Å². The fraction of sp³-hybridized carbons (Fsp3) is 0.733. The van der Waals surface area contributed by atoms with Crippen LogP contribution < -0.4 is 4.90 Å². The summed E-state index contributed by atoms with van der Waals surface area (Å²) in [4.78, 5) is 13.3. The SMILES string of the molecule is CS(=O)(=O)N1CCCN(Cc2cnc(N3CCOCC3)nc2)CC1. The Kier molecular flexibility index (Phi) is 5.65. The van der Waals surface area contributed by atoms with E-state index in [9.17, 15) is 8.42 Å². The van der Waals surface area contributed by atoms with Crippen LogP contribution in [-0.4, -0.2) is 86.3 Å². The molecule has 0 spiro atoms. The van der Waals surface area contributed by atoms with Gasteiger partial charge in [0, 0.05) is 57.2 Å². The van der Waals surface area contributed by atoms with Gasteiger partial charge in [-0.1, -0.05) is 0 Å². The molecule has 134 valence electrons. The van der Waals surface area contributed by atoms with Gasteiger partial charge >= 0.3 is 0 Å². The lowest BCUT2D eigenvalue weighted by Crippen LogP contribution is -2.37. The summed E-state index contributed by atoms with van der Waals surface area (Å²) in [6, 6.07) is 0. The Labute approximate surface area is 143 Å². The standard InChI is InChI=1S/C15H25N5O3S/c1-24(21,22)20-4-2-3-18(5-6-20)13-14-11-16-15(17-12-14)19-7-9-23-10-8-19/h11-12H,2-10,13H2,1H3. The molecule has 0 bridgehead atoms. The van der Waals surface area contributed by atoms with Crippen molar-refractivity contribution in [3.63, 3.8) is 0 Å². The smallest absolute Gasteiger partial charge is 0.225 e. The highest BCUT2D eigenvalue weighted by Crippen LogP contribution is 2.13. The van der Waals surface area contributed by atoms with Crippen LogP contribution in [0.1, 0.15) is 12.0 Å². The van der Waals surface area contributed by atoms with Crippen molar-refractivity contribution in [3.05, 3.63) is 18.0 Å². The van der Waals surface area contributed by atoms with Gasteiger partial charge in [-0.15, -0.1) is 0 Å². The van der Waals surface area contributed by atoms with Crippen LogP contribution in [0.25, 0.3) is 0 Å². The lowest BCUT2D eigenvalue weighted by Gasteiger charge is -2.26. The average Bonchev–Trinajstić information content (AvgIpc) is 2.82. The molecule has 0 aliphatic carbocycles. The van der Waals surface area contributed by atoms with Crippen molar-refractivity contribution in [2.24, 2.45) is 0 Å². The topological polar surface area (TPSA) is 78.9 Å². The van der Waals surface area contributed by atoms with Crippen LogP contribution in [0.3, 0.4) is 0 Å². The molecule has 0 amide bonds. The average molecular weight is 355 g/mol. The first-order valence-electron chi connectivity index (χ1n) is 8.33. The summed E-state index contributed by atoms with van der Waals surface area (Å²) >= 11 is 0. The molecule has 24 heavy (non-hydrogen) atoms. The van der Waals surface area contributed by atoms with Crippen molar-refractivity contribution in [2.45, 2.75) is 13.0 Å². The molecule has 0 N–H and O–H groups in total. The van der Waals surface area contributed by atoms with E-state index in [1.54, 1.807) is 4.31 Å². The second-order valence-electron chi connectivity index (χ2n) is 6.28. The zero-order valence-electron chi connectivity index (χ0n) is 14.1. The lowest BCUT2D eigenvalue weighted by molar-refractivity contribution is 0.122. The molecule has 9 heteroatoms. The number of sulfonamides is 1. The third-order valence-electron chi connectivity index (χ3n) is 4.41. The molecule has 3 rings (SSSR count). The molecule has 1 aromatic heterocycles. The van der Waals surface area contributed by atoms with Crippen molar-refractivity contribution in [1.29, 1.82) is 0 Å². The van der Waals surface area contributed by atoms with Crippen molar-refractivity contribution in [2.75, 3.05) is 63.6 Å². The van der Waals surface area contributed by atoms with E-state index >= 15 is 0 Å². The quantitative estimate of drug-likeness (QED) is 0.739. The predicted molar refractivity (Wildman–Crippen MR) is 91.4 cm³/mol. The third kappa shape index (κ3) is 4.62. The van der Waals surface area contributed by atoms with Crippen molar-refractivity contribution < 1.29 is 13.2 Å². The lowest BCUT2D eigenvalue weighted by atomic mass is 10.3. The van der Waals surface area contributed by atoms with Crippen LogP contribution in [0.5, 0.6) is 0 Å². The summed E-state index contributed by atoms with van der Waals surface area (Å²) in [7, 11) is -3.10. The second kappa shape index (κ2) is 7.73. The molecular formula is C15H25N5O3S. The van der Waals surface area contributed by atoms with E-state index in [2.05, 4.69) is 19.8 Å². The number of ether oxygens (including phenoxy) is 1. The van der Waals surface area contributed by atoms with Gasteiger partial charge in [-0.3, -0.25) is 4.90 Å². The molecular weight excluding hydrogens is 330 g/mol. The summed E-state index contributed by atoms with van der Waals surface area (Å²) in [5.74, 6) is 0.751. The van der Waals surface area contributed by atoms with Crippen LogP contribution in [0, 0.1) is 0 Å². The molecule has 0 unspecified atom stereocenters. The van der Waals surface area contributed by atoms with Crippen LogP contribution >= 0.6 is 0 Å². The molecule has 2 saturated heterocycles. The first-order valence-corrected chi connectivity index (χ1v) is 10.2. The first kappa shape index (κ1) is 17.5. The summed E-state index contributed by atoms with van der Waals surface area (Å²) in [6.07, 6.45) is 5.87. The van der Waals surface area contributed by atoms with Crippen molar-refractivity contribution in [1.82, 2.24) is 19.2 Å². The van der Waals surface area contributed by atoms with Gasteiger partial charge < -0.3 is 9.64 Å². The Morgan fingerprint density at radius 1 is 1.04 bits per heavy atom. The van der Waals surface area contributed by atoms with Gasteiger partial charge in [-0.25, -0.2) is 22.7 Å². The van der Waals surface area contributed by atoms with Gasteiger partial charge in [0.15, 0.2) is 0 Å². The molecule has 0 atom stereocenters. The highest BCUT2D eigenvalue weighted by atomic mass is 32.2. The normalized spacial score (nSPS) is 21.6. The van der Waals surface area contributed by atoms with Crippen LogP contribution in [-0.2, 0) is 21.3 Å². The predicted octanol–water partition coefficient (Wildman–Crippen LogP) is -0.219. The molecule has 8 nitrogen and oxygen atoms in total. The zero-order valence-corrected chi connectivity index (χ0v) is 14.9. The summed E-state index contributed by atoms with van der Waals surface area (Å²) in [5, 5.41) is 0. The van der Waals surface area contributed by atoms with E-state index in [-0.39, 0.29) is 0 Å². The fourth-order valence-electron chi connectivity index (χ4n) is 3.05. The Bertz CT molecular complexity index is 631. The number of rotatable bonds is 4. The minimum Gasteiger partial charge on any atom is -0.378 e. The minimum atomic E-state index is -3.10. The number of morpholine rings is 1. The van der Waals surface area contributed by atoms with E-state index < -0.39 is 10.0 Å². The Balaban J connectivity index is 1.56. The van der Waals surface area contributed by atoms with Crippen molar-refractivity contribution in [3.8, 4) is 0 Å². The van der Waals surface area contributed by atoms with E-state index in [0.29, 0.717) is 13.1 Å². The van der Waals surface area contributed by atoms with Crippen molar-refractivity contribution >= 4 is 16.0 Å². The van der Waals surface area contributed by atoms with Gasteiger partial charge in [-0.05, 0) is 13.0 Å². The number of hydrogen-bond acceptors (Lipinski definition) is 7. The molecule has 0 aromatic carbocycles. The van der Waals surface area contributed by atoms with E-state index in [1.807, 2.05) is 12.4 Å². The van der Waals surface area contributed by atoms with E-state index in [4.69, 9.17) is 4.74 Å². The summed E-state index contributed by atoms with van der Waals surface area (Å²) < 4.78 is 30.2. The summed E-state index contributed by atoms with van der Waals surface area (Å²) in [6.45, 7) is 6.61. The molecule has 3 heterocycles. The van der Waals surface area contributed by atoms with Gasteiger partial charge in [0.05, 0.1) is 19.5 Å². The van der Waals surface area contributed by atoms with Gasteiger partial charge in [0.2, 0.25) is 16.0 Å². The molecule has 0 radical (unpaired) electrons. The zero-order chi connectivity index (χ0) is 17.0. The van der Waals surface area contributed by atoms with Crippen LogP contribution in [0.4, 0.5) is 5.95 Å². The maximum absolute atomic E-state index is 11.7. The second-order valence-corrected chi connectivity index (χ2v) is 8.26. The minimum absolute atomic E-state index is 0.547. The Morgan fingerprint density at radius 3 is 2.42 bits per heavy atom. The van der Waals surface area contributed by atoms with Gasteiger partial charge in [0.1, 0.15) is 0 Å². The molecule has 1 aromatic rings. The van der Waals surface area contributed by atoms with E-state index in [0.717, 1.165) is 63.9 Å². The van der Waals surface area contributed by atoms with Crippen LogP contribution in [0.2, 0.25) is 0 Å². The Morgan fingerprint density at radius 2 is 1.75 bits per heavy atom. The maximum Gasteiger partial charge on any atom is 0.225 e. The number of nitrogens with zero attached hydrogens (tertiary/aromatic N) is 5. The largest absolute Gasteiger partial charge is 0.378 e. The first-order chi connectivity index (χ1) is 11.5. The van der Waals surface area contributed by atoms with Gasteiger partial charge in [-0.2, -0.15) is 0 Å². The molecule has 0 saturated carbocycles. The number of aromatic nitrogens is 2. The third-order valence-corrected chi connectivity index (χ3v) is 5.71. The maximum atomic E-state index is 11.7. The fourth-order valence-corrected chi connectivity index (χ4v) is 3.93. The molecule has 2 aliphatic rings. The van der Waals surface area contributed by atoms with Crippen LogP contribution in [0.15, 0.2) is 12.4 Å². The number of hydrogen-bond donors (Lipinski definition) is 0. The highest BCUT2D eigenvalue weighted by Gasteiger charge is 2.21. The molecule has 2 aliphatic heterocycles. The van der Waals surface area contributed by atoms with Gasteiger partial charge in [0.25, 0.3) is 0 Å². The number of anilines is 1. The molecule has 2 fully saturated rings. The highest BCUT2D eigenvalue weighted by molar-refractivity contribution is 7.88. The summed E-state index contributed by atoms with van der Waals surface area (Å²) in [5.41, 5.74) is 1.06. The monoisotopic (exact) mass is 355 g/mol. The Hall–Kier alpha value is -1.29.